The molecule has 0 aliphatic carbocycles. The standard InChI is InChI=1S/C18H20N2O3/c1-18(2,17(22)23)20(3)16(21)14-6-4-12(5-7-14)13-8-10-15(19)11-9-13/h4-11H,19H2,1-3H3,(H,22,23). The van der Waals surface area contributed by atoms with E-state index in [1.54, 1.807) is 12.1 Å². The fourth-order valence-electron chi connectivity index (χ4n) is 2.07. The molecule has 0 atom stereocenters. The summed E-state index contributed by atoms with van der Waals surface area (Å²) in [7, 11) is 1.49. The van der Waals surface area contributed by atoms with Gasteiger partial charge in [-0.2, -0.15) is 0 Å². The third-order valence-electron chi connectivity index (χ3n) is 4.04. The number of carboxylic acid groups (broad SMARTS) is 1. The first-order valence-corrected chi connectivity index (χ1v) is 7.21. The lowest BCUT2D eigenvalue weighted by atomic mass is 10.0. The summed E-state index contributed by atoms with van der Waals surface area (Å²) in [4.78, 5) is 24.9. The number of nitrogens with zero attached hydrogens (tertiary/aromatic N) is 1. The minimum atomic E-state index is -1.27. The molecule has 0 aliphatic heterocycles. The van der Waals surface area contributed by atoms with Gasteiger partial charge in [-0.3, -0.25) is 4.79 Å². The zero-order valence-corrected chi connectivity index (χ0v) is 13.4. The Labute approximate surface area is 135 Å². The number of anilines is 1. The van der Waals surface area contributed by atoms with E-state index in [0.29, 0.717) is 11.3 Å². The van der Waals surface area contributed by atoms with Crippen LogP contribution in [0, 0.1) is 0 Å². The average Bonchev–Trinajstić information content (AvgIpc) is 2.54. The van der Waals surface area contributed by atoms with Gasteiger partial charge in [0, 0.05) is 18.3 Å². The van der Waals surface area contributed by atoms with E-state index in [9.17, 15) is 14.7 Å². The van der Waals surface area contributed by atoms with Crippen LogP contribution in [0.25, 0.3) is 11.1 Å². The van der Waals surface area contributed by atoms with Gasteiger partial charge in [-0.1, -0.05) is 24.3 Å². The number of amides is 1. The van der Waals surface area contributed by atoms with Gasteiger partial charge in [0.1, 0.15) is 5.54 Å². The third kappa shape index (κ3) is 3.34. The fraction of sp³-hybridized carbons (Fsp3) is 0.222. The lowest BCUT2D eigenvalue weighted by Gasteiger charge is -2.31. The van der Waals surface area contributed by atoms with Crippen molar-refractivity contribution in [3.63, 3.8) is 0 Å². The monoisotopic (exact) mass is 312 g/mol. The second kappa shape index (κ2) is 6.12. The summed E-state index contributed by atoms with van der Waals surface area (Å²) in [5.74, 6) is -1.38. The summed E-state index contributed by atoms with van der Waals surface area (Å²) < 4.78 is 0. The number of hydrogen-bond donors (Lipinski definition) is 2. The van der Waals surface area contributed by atoms with Gasteiger partial charge in [0.05, 0.1) is 0 Å². The first-order valence-electron chi connectivity index (χ1n) is 7.21. The number of benzene rings is 2. The van der Waals surface area contributed by atoms with Crippen molar-refractivity contribution in [2.75, 3.05) is 12.8 Å². The number of hydrogen-bond acceptors (Lipinski definition) is 3. The molecule has 2 aromatic carbocycles. The molecule has 0 unspecified atom stereocenters. The largest absolute Gasteiger partial charge is 0.480 e. The Morgan fingerprint density at radius 1 is 0.957 bits per heavy atom. The second-order valence-electron chi connectivity index (χ2n) is 5.93. The molecular formula is C18H20N2O3. The van der Waals surface area contributed by atoms with Crippen LogP contribution >= 0.6 is 0 Å². The van der Waals surface area contributed by atoms with E-state index < -0.39 is 11.5 Å². The SMILES string of the molecule is CN(C(=O)c1ccc(-c2ccc(N)cc2)cc1)C(C)(C)C(=O)O. The Hall–Kier alpha value is -2.82. The maximum Gasteiger partial charge on any atom is 0.329 e. The van der Waals surface area contributed by atoms with Crippen LogP contribution in [0.3, 0.4) is 0 Å². The highest BCUT2D eigenvalue weighted by atomic mass is 16.4. The maximum absolute atomic E-state index is 12.4. The van der Waals surface area contributed by atoms with Gasteiger partial charge >= 0.3 is 5.97 Å². The summed E-state index contributed by atoms with van der Waals surface area (Å²) in [6.45, 7) is 2.99. The summed E-state index contributed by atoms with van der Waals surface area (Å²) in [5, 5.41) is 9.22. The van der Waals surface area contributed by atoms with E-state index in [0.717, 1.165) is 11.1 Å². The summed E-state index contributed by atoms with van der Waals surface area (Å²) in [5.41, 5.74) is 7.49. The lowest BCUT2D eigenvalue weighted by molar-refractivity contribution is -0.147. The smallest absolute Gasteiger partial charge is 0.329 e. The van der Waals surface area contributed by atoms with Gasteiger partial charge in [-0.05, 0) is 49.2 Å². The fourth-order valence-corrected chi connectivity index (χ4v) is 2.07. The van der Waals surface area contributed by atoms with Gasteiger partial charge in [-0.15, -0.1) is 0 Å². The zero-order chi connectivity index (χ0) is 17.2. The molecule has 0 radical (unpaired) electrons. The van der Waals surface area contributed by atoms with E-state index in [1.165, 1.54) is 25.8 Å². The van der Waals surface area contributed by atoms with Crippen molar-refractivity contribution in [2.24, 2.45) is 0 Å². The molecule has 0 saturated heterocycles. The molecule has 0 bridgehead atoms. The van der Waals surface area contributed by atoms with E-state index >= 15 is 0 Å². The van der Waals surface area contributed by atoms with Gasteiger partial charge < -0.3 is 15.7 Å². The summed E-state index contributed by atoms with van der Waals surface area (Å²) in [6, 6.07) is 14.5. The molecule has 0 saturated carbocycles. The molecule has 3 N–H and O–H groups in total. The number of carbonyl (C=O) groups is 2. The highest BCUT2D eigenvalue weighted by molar-refractivity contribution is 5.97. The molecular weight excluding hydrogens is 292 g/mol. The van der Waals surface area contributed by atoms with Crippen LogP contribution in [-0.4, -0.2) is 34.5 Å². The van der Waals surface area contributed by atoms with Crippen LogP contribution < -0.4 is 5.73 Å². The van der Waals surface area contributed by atoms with Crippen LogP contribution in [0.5, 0.6) is 0 Å². The first-order chi connectivity index (χ1) is 10.7. The molecule has 0 aromatic heterocycles. The Balaban J connectivity index is 2.24. The number of rotatable bonds is 4. The molecule has 120 valence electrons. The molecule has 23 heavy (non-hydrogen) atoms. The molecule has 2 rings (SSSR count). The van der Waals surface area contributed by atoms with Crippen molar-refractivity contribution in [1.29, 1.82) is 0 Å². The number of carbonyl (C=O) groups excluding carboxylic acids is 1. The van der Waals surface area contributed by atoms with Crippen LogP contribution in [0.2, 0.25) is 0 Å². The molecule has 0 heterocycles. The minimum absolute atomic E-state index is 0.332. The van der Waals surface area contributed by atoms with Crippen molar-refractivity contribution in [3.8, 4) is 11.1 Å². The van der Waals surface area contributed by atoms with Crippen molar-refractivity contribution >= 4 is 17.6 Å². The number of nitrogen functional groups attached to an aromatic ring is 1. The molecule has 1 amide bonds. The molecule has 5 heteroatoms. The van der Waals surface area contributed by atoms with Crippen LogP contribution in [0.4, 0.5) is 5.69 Å². The van der Waals surface area contributed by atoms with Crippen LogP contribution in [0.15, 0.2) is 48.5 Å². The van der Waals surface area contributed by atoms with Crippen molar-refractivity contribution in [1.82, 2.24) is 4.90 Å². The molecule has 0 fully saturated rings. The van der Waals surface area contributed by atoms with Crippen molar-refractivity contribution < 1.29 is 14.7 Å². The van der Waals surface area contributed by atoms with E-state index in [4.69, 9.17) is 5.73 Å². The Morgan fingerprint density at radius 3 is 1.83 bits per heavy atom. The highest BCUT2D eigenvalue weighted by Crippen LogP contribution is 2.22. The number of nitrogens with two attached hydrogens (primary N) is 1. The Bertz CT molecular complexity index is 719. The van der Waals surface area contributed by atoms with Gasteiger partial charge in [0.2, 0.25) is 0 Å². The predicted octanol–water partition coefficient (Wildman–Crippen LogP) is 2.87. The molecule has 2 aromatic rings. The Morgan fingerprint density at radius 2 is 1.39 bits per heavy atom. The van der Waals surface area contributed by atoms with Crippen LogP contribution in [0.1, 0.15) is 24.2 Å². The lowest BCUT2D eigenvalue weighted by Crippen LogP contribution is -2.50. The zero-order valence-electron chi connectivity index (χ0n) is 13.4. The van der Waals surface area contributed by atoms with Gasteiger partial charge in [-0.25, -0.2) is 4.79 Å². The summed E-state index contributed by atoms with van der Waals surface area (Å²) in [6.07, 6.45) is 0. The number of likely N-dealkylation sites (N-methyl/N-ethyl adjacent to an activating group) is 1. The predicted molar refractivity (Wildman–Crippen MR) is 90.1 cm³/mol. The highest BCUT2D eigenvalue weighted by Gasteiger charge is 2.35. The topological polar surface area (TPSA) is 83.6 Å². The van der Waals surface area contributed by atoms with Gasteiger partial charge in [0.15, 0.2) is 0 Å². The van der Waals surface area contributed by atoms with Crippen LogP contribution in [-0.2, 0) is 4.79 Å². The normalized spacial score (nSPS) is 11.1. The van der Waals surface area contributed by atoms with Crippen molar-refractivity contribution in [3.05, 3.63) is 54.1 Å². The Kier molecular flexibility index (Phi) is 4.40. The minimum Gasteiger partial charge on any atom is -0.480 e. The second-order valence-corrected chi connectivity index (χ2v) is 5.93. The number of carboxylic acids is 1. The molecule has 5 nitrogen and oxygen atoms in total. The maximum atomic E-state index is 12.4. The van der Waals surface area contributed by atoms with Crippen molar-refractivity contribution in [2.45, 2.75) is 19.4 Å². The average molecular weight is 312 g/mol. The quantitative estimate of drug-likeness (QED) is 0.850. The molecule has 0 spiro atoms. The molecule has 0 aliphatic rings. The third-order valence-corrected chi connectivity index (χ3v) is 4.04. The first kappa shape index (κ1) is 16.5. The van der Waals surface area contributed by atoms with Gasteiger partial charge in [0.25, 0.3) is 5.91 Å². The van der Waals surface area contributed by atoms with E-state index in [2.05, 4.69) is 0 Å². The number of aliphatic carboxylic acids is 1. The van der Waals surface area contributed by atoms with E-state index in [1.807, 2.05) is 36.4 Å². The van der Waals surface area contributed by atoms with E-state index in [-0.39, 0.29) is 5.91 Å². The summed E-state index contributed by atoms with van der Waals surface area (Å²) >= 11 is 0.